The summed E-state index contributed by atoms with van der Waals surface area (Å²) < 4.78 is 39.5. The Hall–Kier alpha value is -0.210. The van der Waals surface area contributed by atoms with Crippen LogP contribution in [0.3, 0.4) is 0 Å². The third kappa shape index (κ3) is 2.00. The van der Waals surface area contributed by atoms with Gasteiger partial charge in [-0.15, -0.1) is 0 Å². The highest BCUT2D eigenvalue weighted by atomic mass is 19.4. The molecule has 0 aliphatic heterocycles. The zero-order valence-electron chi connectivity index (χ0n) is 11.0. The SMILES string of the molecule is CCC1(C)CC1CC(C)C1(C(F)(F)F)CCC1. The van der Waals surface area contributed by atoms with E-state index in [2.05, 4.69) is 13.8 Å². The highest BCUT2D eigenvalue weighted by Gasteiger charge is 2.62. The number of rotatable bonds is 4. The third-order valence-electron chi connectivity index (χ3n) is 5.74. The lowest BCUT2D eigenvalue weighted by Crippen LogP contribution is -2.48. The minimum atomic E-state index is -4.00. The van der Waals surface area contributed by atoms with Gasteiger partial charge >= 0.3 is 6.18 Å². The minimum absolute atomic E-state index is 0.199. The molecule has 2 aliphatic carbocycles. The molecule has 0 amide bonds. The number of hydrogen-bond donors (Lipinski definition) is 0. The van der Waals surface area contributed by atoms with E-state index in [1.165, 1.54) is 0 Å². The van der Waals surface area contributed by atoms with Crippen LogP contribution in [0.4, 0.5) is 13.2 Å². The largest absolute Gasteiger partial charge is 0.394 e. The molecule has 0 aromatic rings. The smallest absolute Gasteiger partial charge is 0.170 e. The van der Waals surface area contributed by atoms with Gasteiger partial charge in [0.1, 0.15) is 0 Å². The monoisotopic (exact) mass is 248 g/mol. The molecule has 3 unspecified atom stereocenters. The summed E-state index contributed by atoms with van der Waals surface area (Å²) in [6.45, 7) is 6.18. The normalized spacial score (nSPS) is 37.4. The van der Waals surface area contributed by atoms with Crippen LogP contribution in [0.5, 0.6) is 0 Å². The zero-order chi connectivity index (χ0) is 12.9. The Labute approximate surface area is 102 Å². The molecule has 0 nitrogen and oxygen atoms in total. The quantitative estimate of drug-likeness (QED) is 0.643. The molecule has 0 aromatic carbocycles. The van der Waals surface area contributed by atoms with Gasteiger partial charge in [0, 0.05) is 0 Å². The van der Waals surface area contributed by atoms with Gasteiger partial charge in [0.05, 0.1) is 5.41 Å². The fourth-order valence-electron chi connectivity index (χ4n) is 3.57. The summed E-state index contributed by atoms with van der Waals surface area (Å²) in [4.78, 5) is 0. The van der Waals surface area contributed by atoms with Crippen molar-refractivity contribution in [3.05, 3.63) is 0 Å². The average molecular weight is 248 g/mol. The maximum Gasteiger partial charge on any atom is 0.394 e. The molecule has 2 aliphatic rings. The molecule has 17 heavy (non-hydrogen) atoms. The lowest BCUT2D eigenvalue weighted by molar-refractivity contribution is -0.270. The molecule has 0 radical (unpaired) electrons. The van der Waals surface area contributed by atoms with E-state index in [0.717, 1.165) is 25.7 Å². The minimum Gasteiger partial charge on any atom is -0.170 e. The molecule has 2 saturated carbocycles. The average Bonchev–Trinajstić information content (AvgIpc) is 2.72. The van der Waals surface area contributed by atoms with Crippen LogP contribution in [0.15, 0.2) is 0 Å². The zero-order valence-corrected chi connectivity index (χ0v) is 11.0. The van der Waals surface area contributed by atoms with Gasteiger partial charge in [0.25, 0.3) is 0 Å². The van der Waals surface area contributed by atoms with Gasteiger partial charge in [-0.2, -0.15) is 13.2 Å². The molecule has 0 aromatic heterocycles. The molecule has 3 atom stereocenters. The van der Waals surface area contributed by atoms with Gasteiger partial charge in [0.15, 0.2) is 0 Å². The van der Waals surface area contributed by atoms with Gasteiger partial charge in [-0.1, -0.05) is 33.6 Å². The predicted octanol–water partition coefficient (Wildman–Crippen LogP) is 5.18. The molecule has 0 N–H and O–H groups in total. The number of hydrogen-bond acceptors (Lipinski definition) is 0. The van der Waals surface area contributed by atoms with Crippen LogP contribution >= 0.6 is 0 Å². The summed E-state index contributed by atoms with van der Waals surface area (Å²) in [5.74, 6) is 0.331. The van der Waals surface area contributed by atoms with E-state index >= 15 is 0 Å². The molecule has 100 valence electrons. The van der Waals surface area contributed by atoms with Crippen molar-refractivity contribution in [3.8, 4) is 0 Å². The second kappa shape index (κ2) is 3.89. The summed E-state index contributed by atoms with van der Waals surface area (Å²) in [7, 11) is 0. The fourth-order valence-corrected chi connectivity index (χ4v) is 3.57. The highest BCUT2D eigenvalue weighted by Crippen LogP contribution is 2.63. The molecule has 2 fully saturated rings. The van der Waals surface area contributed by atoms with E-state index in [1.54, 1.807) is 0 Å². The first-order chi connectivity index (χ1) is 7.75. The van der Waals surface area contributed by atoms with Gasteiger partial charge in [-0.05, 0) is 42.9 Å². The lowest BCUT2D eigenvalue weighted by Gasteiger charge is -2.48. The molecular formula is C14H23F3. The second-order valence-electron chi connectivity index (χ2n) is 6.55. The van der Waals surface area contributed by atoms with E-state index < -0.39 is 11.6 Å². The Morgan fingerprint density at radius 1 is 1.29 bits per heavy atom. The first-order valence-corrected chi connectivity index (χ1v) is 6.82. The van der Waals surface area contributed by atoms with Crippen LogP contribution in [-0.4, -0.2) is 6.18 Å². The summed E-state index contributed by atoms with van der Waals surface area (Å²) in [5.41, 5.74) is -1.00. The fraction of sp³-hybridized carbons (Fsp3) is 1.00. The van der Waals surface area contributed by atoms with Crippen LogP contribution in [0.1, 0.15) is 59.3 Å². The van der Waals surface area contributed by atoms with Crippen molar-refractivity contribution in [2.75, 3.05) is 0 Å². The predicted molar refractivity (Wildman–Crippen MR) is 62.6 cm³/mol. The number of halogens is 3. The van der Waals surface area contributed by atoms with Gasteiger partial charge in [0.2, 0.25) is 0 Å². The Kier molecular flexibility index (Phi) is 3.03. The first kappa shape index (κ1) is 13.2. The van der Waals surface area contributed by atoms with Crippen molar-refractivity contribution < 1.29 is 13.2 Å². The van der Waals surface area contributed by atoms with Gasteiger partial charge < -0.3 is 0 Å². The van der Waals surface area contributed by atoms with E-state index in [9.17, 15) is 13.2 Å². The Morgan fingerprint density at radius 2 is 1.88 bits per heavy atom. The summed E-state index contributed by atoms with van der Waals surface area (Å²) in [5, 5.41) is 0. The van der Waals surface area contributed by atoms with E-state index in [4.69, 9.17) is 0 Å². The molecule has 2 rings (SSSR count). The van der Waals surface area contributed by atoms with Crippen LogP contribution in [0, 0.1) is 22.7 Å². The Bertz CT molecular complexity index is 290. The molecule has 0 heterocycles. The Morgan fingerprint density at radius 3 is 2.18 bits per heavy atom. The summed E-state index contributed by atoms with van der Waals surface area (Å²) in [6.07, 6.45) is 0.456. The van der Waals surface area contributed by atoms with Crippen LogP contribution in [0.25, 0.3) is 0 Å². The number of alkyl halides is 3. The second-order valence-corrected chi connectivity index (χ2v) is 6.55. The van der Waals surface area contributed by atoms with Crippen LogP contribution in [0.2, 0.25) is 0 Å². The van der Waals surface area contributed by atoms with Crippen molar-refractivity contribution in [2.45, 2.75) is 65.5 Å². The molecular weight excluding hydrogens is 225 g/mol. The van der Waals surface area contributed by atoms with E-state index in [1.807, 2.05) is 6.92 Å². The Balaban J connectivity index is 1.98. The van der Waals surface area contributed by atoms with E-state index in [-0.39, 0.29) is 5.92 Å². The van der Waals surface area contributed by atoms with Crippen molar-refractivity contribution in [1.82, 2.24) is 0 Å². The maximum absolute atomic E-state index is 13.2. The molecule has 0 spiro atoms. The molecule has 0 saturated heterocycles. The lowest BCUT2D eigenvalue weighted by atomic mass is 9.59. The standard InChI is InChI=1S/C14H23F3/c1-4-12(3)9-11(12)8-10(2)13(6-5-7-13)14(15,16)17/h10-11H,4-9H2,1-3H3. The molecule has 0 bridgehead atoms. The van der Waals surface area contributed by atoms with E-state index in [0.29, 0.717) is 24.2 Å². The first-order valence-electron chi connectivity index (χ1n) is 6.82. The highest BCUT2D eigenvalue weighted by molar-refractivity contribution is 5.03. The van der Waals surface area contributed by atoms with Crippen molar-refractivity contribution >= 4 is 0 Å². The van der Waals surface area contributed by atoms with Crippen LogP contribution in [-0.2, 0) is 0 Å². The summed E-state index contributed by atoms with van der Waals surface area (Å²) in [6, 6.07) is 0. The molecule has 3 heteroatoms. The van der Waals surface area contributed by atoms with Crippen LogP contribution < -0.4 is 0 Å². The van der Waals surface area contributed by atoms with Crippen molar-refractivity contribution in [1.29, 1.82) is 0 Å². The van der Waals surface area contributed by atoms with Gasteiger partial charge in [-0.3, -0.25) is 0 Å². The summed E-state index contributed by atoms with van der Waals surface area (Å²) >= 11 is 0. The topological polar surface area (TPSA) is 0 Å². The third-order valence-corrected chi connectivity index (χ3v) is 5.74. The van der Waals surface area contributed by atoms with Gasteiger partial charge in [-0.25, -0.2) is 0 Å². The van der Waals surface area contributed by atoms with Crippen molar-refractivity contribution in [3.63, 3.8) is 0 Å². The maximum atomic E-state index is 13.2. The van der Waals surface area contributed by atoms with Crippen molar-refractivity contribution in [2.24, 2.45) is 22.7 Å².